The van der Waals surface area contributed by atoms with Crippen molar-refractivity contribution in [2.45, 2.75) is 6.61 Å². The smallest absolute Gasteiger partial charge is 0.271 e. The minimum Gasteiger partial charge on any atom is -0.493 e. The molecule has 0 fully saturated rings. The normalized spacial score (nSPS) is 10.9. The number of methoxy groups -OCH3 is 1. The monoisotopic (exact) mass is 540 g/mol. The molecule has 0 aliphatic heterocycles. The molecule has 0 radical (unpaired) electrons. The van der Waals surface area contributed by atoms with E-state index in [0.29, 0.717) is 48.8 Å². The number of halogens is 4. The quantitative estimate of drug-likeness (QED) is 0.265. The predicted octanol–water partition coefficient (Wildman–Crippen LogP) is 6.76. The second-order valence-corrected chi connectivity index (χ2v) is 8.38. The van der Waals surface area contributed by atoms with E-state index in [0.717, 1.165) is 5.56 Å². The molecule has 0 aromatic heterocycles. The summed E-state index contributed by atoms with van der Waals surface area (Å²) in [5.74, 6) is 0.652. The van der Waals surface area contributed by atoms with Crippen molar-refractivity contribution < 1.29 is 14.3 Å². The Hall–Kier alpha value is -2.25. The Labute approximate surface area is 203 Å². The number of carbonyl (C=O) groups is 1. The lowest BCUT2D eigenvalue weighted by atomic mass is 10.2. The number of amides is 1. The third-order valence-corrected chi connectivity index (χ3v) is 5.69. The third kappa shape index (κ3) is 6.37. The Balaban J connectivity index is 1.69. The van der Waals surface area contributed by atoms with Crippen LogP contribution >= 0.6 is 50.7 Å². The van der Waals surface area contributed by atoms with E-state index in [9.17, 15) is 4.79 Å². The van der Waals surface area contributed by atoms with Crippen molar-refractivity contribution in [2.75, 3.05) is 7.11 Å². The molecule has 0 spiro atoms. The van der Waals surface area contributed by atoms with Gasteiger partial charge in [-0.05, 0) is 69.5 Å². The minimum atomic E-state index is -0.413. The lowest BCUT2D eigenvalue weighted by Crippen LogP contribution is -2.17. The highest BCUT2D eigenvalue weighted by molar-refractivity contribution is 9.10. The summed E-state index contributed by atoms with van der Waals surface area (Å²) >= 11 is 21.2. The maximum Gasteiger partial charge on any atom is 0.271 e. The summed E-state index contributed by atoms with van der Waals surface area (Å²) < 4.78 is 12.0. The number of hydrogen-bond acceptors (Lipinski definition) is 4. The number of benzene rings is 3. The maximum atomic E-state index is 12.2. The molecule has 0 atom stereocenters. The highest BCUT2D eigenvalue weighted by atomic mass is 79.9. The second kappa shape index (κ2) is 10.9. The molecule has 0 bridgehead atoms. The van der Waals surface area contributed by atoms with Gasteiger partial charge < -0.3 is 9.47 Å². The summed E-state index contributed by atoms with van der Waals surface area (Å²) in [6.45, 7) is 0.347. The highest BCUT2D eigenvalue weighted by Crippen LogP contribution is 2.37. The van der Waals surface area contributed by atoms with Crippen LogP contribution in [0, 0.1) is 0 Å². The zero-order valence-electron chi connectivity index (χ0n) is 16.2. The van der Waals surface area contributed by atoms with E-state index in [1.54, 1.807) is 43.5 Å². The number of carbonyl (C=O) groups excluding carboxylic acids is 1. The van der Waals surface area contributed by atoms with Gasteiger partial charge in [0.15, 0.2) is 11.5 Å². The van der Waals surface area contributed by atoms with Gasteiger partial charge in [0, 0.05) is 10.6 Å². The third-order valence-electron chi connectivity index (χ3n) is 4.11. The van der Waals surface area contributed by atoms with E-state index in [-0.39, 0.29) is 0 Å². The molecular weight excluding hydrogens is 527 g/mol. The Morgan fingerprint density at radius 3 is 2.48 bits per heavy atom. The summed E-state index contributed by atoms with van der Waals surface area (Å²) in [5, 5.41) is 5.32. The summed E-state index contributed by atoms with van der Waals surface area (Å²) in [7, 11) is 1.55. The lowest BCUT2D eigenvalue weighted by Gasteiger charge is -2.13. The molecule has 5 nitrogen and oxygen atoms in total. The first-order valence-corrected chi connectivity index (χ1v) is 10.8. The molecule has 1 amide bonds. The fraction of sp³-hybridized carbons (Fsp3) is 0.0909. The van der Waals surface area contributed by atoms with Gasteiger partial charge in [-0.3, -0.25) is 4.79 Å². The van der Waals surface area contributed by atoms with Gasteiger partial charge in [0.1, 0.15) is 6.61 Å². The Bertz CT molecular complexity index is 1120. The number of rotatable bonds is 7. The molecule has 3 rings (SSSR count). The van der Waals surface area contributed by atoms with Gasteiger partial charge in [-0.25, -0.2) is 5.43 Å². The van der Waals surface area contributed by atoms with Crippen molar-refractivity contribution in [2.24, 2.45) is 5.10 Å². The van der Waals surface area contributed by atoms with Crippen LogP contribution in [0.3, 0.4) is 0 Å². The first-order valence-electron chi connectivity index (χ1n) is 8.90. The van der Waals surface area contributed by atoms with Crippen LogP contribution in [-0.2, 0) is 6.61 Å². The minimum absolute atomic E-state index is 0.293. The van der Waals surface area contributed by atoms with Crippen molar-refractivity contribution in [3.05, 3.63) is 90.8 Å². The van der Waals surface area contributed by atoms with Crippen molar-refractivity contribution in [1.29, 1.82) is 0 Å². The first kappa shape index (κ1) is 23.4. The number of hydrazone groups is 1. The standard InChI is InChI=1S/C22H16BrCl3N2O3/c1-30-20-9-14(11-27-28-22(29)15-4-7-18(25)19(26)10-15)8-17(23)21(20)31-12-13-2-5-16(24)6-3-13/h2-11H,12H2,1H3,(H,28,29)/b27-11-. The topological polar surface area (TPSA) is 59.9 Å². The maximum absolute atomic E-state index is 12.2. The van der Waals surface area contributed by atoms with Crippen LogP contribution in [0.25, 0.3) is 0 Å². The number of ether oxygens (including phenoxy) is 2. The molecule has 160 valence electrons. The molecule has 9 heteroatoms. The molecule has 0 heterocycles. The van der Waals surface area contributed by atoms with Gasteiger partial charge in [-0.1, -0.05) is 46.9 Å². The predicted molar refractivity (Wildman–Crippen MR) is 128 cm³/mol. The zero-order chi connectivity index (χ0) is 22.4. The molecule has 0 saturated heterocycles. The van der Waals surface area contributed by atoms with E-state index in [1.807, 2.05) is 12.1 Å². The molecule has 3 aromatic rings. The van der Waals surface area contributed by atoms with Crippen molar-refractivity contribution >= 4 is 62.9 Å². The zero-order valence-corrected chi connectivity index (χ0v) is 20.0. The van der Waals surface area contributed by atoms with Crippen LogP contribution in [0.2, 0.25) is 15.1 Å². The molecule has 0 saturated carbocycles. The Morgan fingerprint density at radius 1 is 1.06 bits per heavy atom. The number of nitrogens with zero attached hydrogens (tertiary/aromatic N) is 1. The first-order chi connectivity index (χ1) is 14.9. The number of hydrogen-bond donors (Lipinski definition) is 1. The highest BCUT2D eigenvalue weighted by Gasteiger charge is 2.12. The molecule has 1 N–H and O–H groups in total. The van der Waals surface area contributed by atoms with Crippen LogP contribution < -0.4 is 14.9 Å². The largest absolute Gasteiger partial charge is 0.493 e. The fourth-order valence-corrected chi connectivity index (χ4v) is 3.56. The average Bonchev–Trinajstić information content (AvgIpc) is 2.75. The molecule has 0 unspecified atom stereocenters. The molecule has 0 aliphatic carbocycles. The Kier molecular flexibility index (Phi) is 8.21. The number of nitrogens with one attached hydrogen (secondary N) is 1. The lowest BCUT2D eigenvalue weighted by molar-refractivity contribution is 0.0955. The summed E-state index contributed by atoms with van der Waals surface area (Å²) in [5.41, 5.74) is 4.45. The SMILES string of the molecule is COc1cc(/C=N\NC(=O)c2ccc(Cl)c(Cl)c2)cc(Br)c1OCc1ccc(Cl)cc1. The van der Waals surface area contributed by atoms with Gasteiger partial charge in [0.2, 0.25) is 0 Å². The van der Waals surface area contributed by atoms with Gasteiger partial charge in [0.05, 0.1) is 27.8 Å². The van der Waals surface area contributed by atoms with Gasteiger partial charge in [0.25, 0.3) is 5.91 Å². The van der Waals surface area contributed by atoms with Crippen molar-refractivity contribution in [3.8, 4) is 11.5 Å². The van der Waals surface area contributed by atoms with Crippen LogP contribution in [0.1, 0.15) is 21.5 Å². The van der Waals surface area contributed by atoms with E-state index < -0.39 is 5.91 Å². The summed E-state index contributed by atoms with van der Waals surface area (Å²) in [4.78, 5) is 12.2. The van der Waals surface area contributed by atoms with E-state index in [2.05, 4.69) is 26.5 Å². The molecule has 0 aliphatic rings. The average molecular weight is 543 g/mol. The van der Waals surface area contributed by atoms with Crippen LogP contribution in [0.15, 0.2) is 64.2 Å². The molecule has 31 heavy (non-hydrogen) atoms. The van der Waals surface area contributed by atoms with E-state index in [1.165, 1.54) is 12.3 Å². The van der Waals surface area contributed by atoms with Crippen LogP contribution in [-0.4, -0.2) is 19.2 Å². The molecular formula is C22H16BrCl3N2O3. The molecule has 3 aromatic carbocycles. The van der Waals surface area contributed by atoms with Gasteiger partial charge >= 0.3 is 0 Å². The van der Waals surface area contributed by atoms with Crippen LogP contribution in [0.5, 0.6) is 11.5 Å². The summed E-state index contributed by atoms with van der Waals surface area (Å²) in [6.07, 6.45) is 1.49. The van der Waals surface area contributed by atoms with Gasteiger partial charge in [-0.2, -0.15) is 5.10 Å². The Morgan fingerprint density at radius 2 is 1.81 bits per heavy atom. The van der Waals surface area contributed by atoms with Crippen molar-refractivity contribution in [3.63, 3.8) is 0 Å². The van der Waals surface area contributed by atoms with Gasteiger partial charge in [-0.15, -0.1) is 0 Å². The fourth-order valence-electron chi connectivity index (χ4n) is 2.56. The van der Waals surface area contributed by atoms with E-state index in [4.69, 9.17) is 44.3 Å². The van der Waals surface area contributed by atoms with Crippen LogP contribution in [0.4, 0.5) is 0 Å². The van der Waals surface area contributed by atoms with E-state index >= 15 is 0 Å². The summed E-state index contributed by atoms with van der Waals surface area (Å²) in [6, 6.07) is 15.5. The van der Waals surface area contributed by atoms with Crippen molar-refractivity contribution in [1.82, 2.24) is 5.43 Å². The second-order valence-electron chi connectivity index (χ2n) is 6.28.